The number of carboxylic acids is 1. The summed E-state index contributed by atoms with van der Waals surface area (Å²) < 4.78 is 5.98. The van der Waals surface area contributed by atoms with Crippen molar-refractivity contribution in [3.05, 3.63) is 29.3 Å². The van der Waals surface area contributed by atoms with Crippen LogP contribution in [0, 0.1) is 0 Å². The summed E-state index contributed by atoms with van der Waals surface area (Å²) in [5, 5.41) is 9.07. The number of hydrogen-bond acceptors (Lipinski definition) is 2. The van der Waals surface area contributed by atoms with E-state index in [2.05, 4.69) is 13.0 Å². The Hall–Kier alpha value is -1.51. The van der Waals surface area contributed by atoms with Crippen molar-refractivity contribution >= 4 is 5.97 Å². The van der Waals surface area contributed by atoms with Crippen molar-refractivity contribution in [2.75, 3.05) is 0 Å². The normalized spacial score (nSPS) is 23.9. The molecule has 18 heavy (non-hydrogen) atoms. The van der Waals surface area contributed by atoms with E-state index in [-0.39, 0.29) is 17.9 Å². The van der Waals surface area contributed by atoms with Crippen molar-refractivity contribution in [1.29, 1.82) is 0 Å². The molecule has 0 amide bonds. The van der Waals surface area contributed by atoms with Gasteiger partial charge in [-0.2, -0.15) is 0 Å². The molecule has 1 aliphatic heterocycles. The number of ether oxygens (including phenoxy) is 1. The van der Waals surface area contributed by atoms with Gasteiger partial charge in [0.2, 0.25) is 0 Å². The number of aryl methyl sites for hydroxylation is 1. The van der Waals surface area contributed by atoms with Crippen LogP contribution < -0.4 is 4.74 Å². The first-order valence-electron chi connectivity index (χ1n) is 6.61. The van der Waals surface area contributed by atoms with Gasteiger partial charge in [0.05, 0.1) is 12.5 Å². The summed E-state index contributed by atoms with van der Waals surface area (Å²) in [5.74, 6) is 0.254. The highest BCUT2D eigenvalue weighted by Crippen LogP contribution is 2.55. The molecule has 0 saturated heterocycles. The molecule has 96 valence electrons. The van der Waals surface area contributed by atoms with Crippen LogP contribution in [0.1, 0.15) is 43.7 Å². The van der Waals surface area contributed by atoms with Crippen molar-refractivity contribution in [2.45, 2.75) is 50.5 Å². The zero-order chi connectivity index (χ0) is 12.8. The molecule has 3 nitrogen and oxygen atoms in total. The van der Waals surface area contributed by atoms with Gasteiger partial charge < -0.3 is 9.84 Å². The van der Waals surface area contributed by atoms with Gasteiger partial charge in [0, 0.05) is 11.0 Å². The van der Waals surface area contributed by atoms with E-state index in [1.165, 1.54) is 5.56 Å². The van der Waals surface area contributed by atoms with Crippen molar-refractivity contribution in [2.24, 2.45) is 0 Å². The van der Waals surface area contributed by atoms with E-state index >= 15 is 0 Å². The third kappa shape index (κ3) is 1.88. The van der Waals surface area contributed by atoms with Gasteiger partial charge in [0.1, 0.15) is 5.75 Å². The van der Waals surface area contributed by atoms with Gasteiger partial charge in [-0.15, -0.1) is 0 Å². The second-order valence-corrected chi connectivity index (χ2v) is 5.61. The van der Waals surface area contributed by atoms with Gasteiger partial charge in [-0.1, -0.05) is 18.2 Å². The predicted octanol–water partition coefficient (Wildman–Crippen LogP) is 2.91. The second-order valence-electron chi connectivity index (χ2n) is 5.61. The Morgan fingerprint density at radius 3 is 2.94 bits per heavy atom. The molecule has 1 fully saturated rings. The third-order valence-electron chi connectivity index (χ3n) is 4.15. The minimum atomic E-state index is -0.714. The van der Waals surface area contributed by atoms with Gasteiger partial charge in [-0.05, 0) is 38.2 Å². The smallest absolute Gasteiger partial charge is 0.304 e. The number of para-hydroxylation sites is 1. The summed E-state index contributed by atoms with van der Waals surface area (Å²) in [4.78, 5) is 11.0. The first-order chi connectivity index (χ1) is 8.61. The predicted molar refractivity (Wildman–Crippen MR) is 68.0 cm³/mol. The lowest BCUT2D eigenvalue weighted by Gasteiger charge is -2.28. The number of benzene rings is 1. The average Bonchev–Trinajstić information content (AvgIpc) is 3.08. The summed E-state index contributed by atoms with van der Waals surface area (Å²) >= 11 is 0. The Bertz CT molecular complexity index is 489. The van der Waals surface area contributed by atoms with Crippen LogP contribution in [0.2, 0.25) is 0 Å². The van der Waals surface area contributed by atoms with Gasteiger partial charge >= 0.3 is 5.97 Å². The molecule has 1 heterocycles. The maximum absolute atomic E-state index is 11.0. The number of fused-ring (bicyclic) bond motifs is 1. The number of aliphatic carboxylic acids is 1. The van der Waals surface area contributed by atoms with Crippen molar-refractivity contribution < 1.29 is 14.6 Å². The standard InChI is InChI=1S/C15H18O3/c1-10-5-6-11-3-2-4-12(14(11)18-10)15(7-8-15)9-13(16)17/h2-4,10H,5-9H2,1H3,(H,16,17). The molecule has 1 aromatic rings. The zero-order valence-corrected chi connectivity index (χ0v) is 10.6. The molecule has 1 unspecified atom stereocenters. The summed E-state index contributed by atoms with van der Waals surface area (Å²) in [6.45, 7) is 2.08. The minimum absolute atomic E-state index is 0.158. The Labute approximate surface area is 107 Å². The molecule has 1 aliphatic carbocycles. The Morgan fingerprint density at radius 1 is 1.50 bits per heavy atom. The van der Waals surface area contributed by atoms with Crippen LogP contribution in [0.4, 0.5) is 0 Å². The molecule has 1 N–H and O–H groups in total. The molecule has 0 radical (unpaired) electrons. The molecule has 3 heteroatoms. The van der Waals surface area contributed by atoms with E-state index in [4.69, 9.17) is 9.84 Å². The molecule has 1 atom stereocenters. The molecule has 0 aromatic heterocycles. The fraction of sp³-hybridized carbons (Fsp3) is 0.533. The van der Waals surface area contributed by atoms with Crippen LogP contribution in [-0.2, 0) is 16.6 Å². The van der Waals surface area contributed by atoms with E-state index in [1.54, 1.807) is 0 Å². The highest BCUT2D eigenvalue weighted by Gasteiger charge is 2.48. The van der Waals surface area contributed by atoms with E-state index in [9.17, 15) is 4.79 Å². The van der Waals surface area contributed by atoms with Crippen LogP contribution in [0.3, 0.4) is 0 Å². The lowest BCUT2D eigenvalue weighted by atomic mass is 9.88. The summed E-state index contributed by atoms with van der Waals surface area (Å²) in [7, 11) is 0. The third-order valence-corrected chi connectivity index (χ3v) is 4.15. The van der Waals surface area contributed by atoms with Crippen LogP contribution in [0.25, 0.3) is 0 Å². The number of hydrogen-bond donors (Lipinski definition) is 1. The van der Waals surface area contributed by atoms with Gasteiger partial charge in [0.25, 0.3) is 0 Å². The number of carbonyl (C=O) groups is 1. The summed E-state index contributed by atoms with van der Waals surface area (Å²) in [6, 6.07) is 6.18. The number of carboxylic acid groups (broad SMARTS) is 1. The maximum Gasteiger partial charge on any atom is 0.304 e. The van der Waals surface area contributed by atoms with Crippen LogP contribution >= 0.6 is 0 Å². The lowest BCUT2D eigenvalue weighted by molar-refractivity contribution is -0.137. The highest BCUT2D eigenvalue weighted by molar-refractivity contribution is 5.71. The Kier molecular flexibility index (Phi) is 2.58. The zero-order valence-electron chi connectivity index (χ0n) is 10.6. The first-order valence-corrected chi connectivity index (χ1v) is 6.61. The molecule has 3 rings (SSSR count). The average molecular weight is 246 g/mol. The Morgan fingerprint density at radius 2 is 2.28 bits per heavy atom. The maximum atomic E-state index is 11.0. The van der Waals surface area contributed by atoms with E-state index in [0.717, 1.165) is 37.0 Å². The quantitative estimate of drug-likeness (QED) is 0.892. The van der Waals surface area contributed by atoms with E-state index in [1.807, 2.05) is 12.1 Å². The van der Waals surface area contributed by atoms with E-state index in [0.29, 0.717) is 0 Å². The number of rotatable bonds is 3. The molecule has 2 aliphatic rings. The van der Waals surface area contributed by atoms with Gasteiger partial charge in [0.15, 0.2) is 0 Å². The van der Waals surface area contributed by atoms with Crippen molar-refractivity contribution in [1.82, 2.24) is 0 Å². The van der Waals surface area contributed by atoms with Crippen molar-refractivity contribution in [3.8, 4) is 5.75 Å². The minimum Gasteiger partial charge on any atom is -0.490 e. The summed E-state index contributed by atoms with van der Waals surface area (Å²) in [5.41, 5.74) is 2.20. The lowest BCUT2D eigenvalue weighted by Crippen LogP contribution is -2.23. The van der Waals surface area contributed by atoms with Crippen LogP contribution in [0.15, 0.2) is 18.2 Å². The summed E-state index contributed by atoms with van der Waals surface area (Å²) in [6.07, 6.45) is 4.47. The highest BCUT2D eigenvalue weighted by atomic mass is 16.5. The molecule has 0 spiro atoms. The SMILES string of the molecule is CC1CCc2cccc(C3(CC(=O)O)CC3)c2O1. The van der Waals surface area contributed by atoms with Crippen LogP contribution in [-0.4, -0.2) is 17.2 Å². The Balaban J connectivity index is 2.00. The second kappa shape index (κ2) is 4.01. The largest absolute Gasteiger partial charge is 0.490 e. The fourth-order valence-electron chi connectivity index (χ4n) is 2.94. The van der Waals surface area contributed by atoms with Crippen LogP contribution in [0.5, 0.6) is 5.75 Å². The first kappa shape index (κ1) is 11.6. The van der Waals surface area contributed by atoms with E-state index < -0.39 is 5.97 Å². The molecular weight excluding hydrogens is 228 g/mol. The topological polar surface area (TPSA) is 46.5 Å². The molecule has 0 bridgehead atoms. The van der Waals surface area contributed by atoms with Gasteiger partial charge in [-0.25, -0.2) is 0 Å². The van der Waals surface area contributed by atoms with Crippen molar-refractivity contribution in [3.63, 3.8) is 0 Å². The monoisotopic (exact) mass is 246 g/mol. The molecule has 1 aromatic carbocycles. The molecular formula is C15H18O3. The molecule has 1 saturated carbocycles. The van der Waals surface area contributed by atoms with Gasteiger partial charge in [-0.3, -0.25) is 4.79 Å². The fourth-order valence-corrected chi connectivity index (χ4v) is 2.94.